The van der Waals surface area contributed by atoms with Gasteiger partial charge in [-0.2, -0.15) is 13.2 Å². The first-order chi connectivity index (χ1) is 6.98. The van der Waals surface area contributed by atoms with Crippen LogP contribution in [0.1, 0.15) is 5.56 Å². The minimum absolute atomic E-state index is 0.150. The number of hydrogen-bond donors (Lipinski definition) is 0. The molecule has 0 N–H and O–H groups in total. The Morgan fingerprint density at radius 2 is 1.87 bits per heavy atom. The fourth-order valence-corrected chi connectivity index (χ4v) is 1.86. The zero-order valence-corrected chi connectivity index (χ0v) is 9.50. The third kappa shape index (κ3) is 2.06. The third-order valence-corrected chi connectivity index (χ3v) is 2.68. The summed E-state index contributed by atoms with van der Waals surface area (Å²) < 4.78 is 38.6. The molecule has 0 radical (unpaired) electrons. The molecule has 0 spiro atoms. The number of alkyl halides is 3. The van der Waals surface area contributed by atoms with E-state index < -0.39 is 11.7 Å². The lowest BCUT2D eigenvalue weighted by Crippen LogP contribution is -2.06. The second kappa shape index (κ2) is 3.62. The molecular formula is C10H5F3IN. The predicted molar refractivity (Wildman–Crippen MR) is 59.5 cm³/mol. The van der Waals surface area contributed by atoms with Crippen LogP contribution in [0.3, 0.4) is 0 Å². The molecule has 0 saturated heterocycles. The second-order valence-corrected chi connectivity index (χ2v) is 4.26. The minimum Gasteiger partial charge on any atom is -0.256 e. The lowest BCUT2D eigenvalue weighted by Gasteiger charge is -2.09. The maximum atomic E-state index is 12.6. The molecule has 1 aromatic carbocycles. The van der Waals surface area contributed by atoms with Gasteiger partial charge in [-0.05, 0) is 46.9 Å². The van der Waals surface area contributed by atoms with Crippen molar-refractivity contribution in [1.82, 2.24) is 4.98 Å². The Morgan fingerprint density at radius 1 is 1.13 bits per heavy atom. The molecule has 0 atom stereocenters. The molecule has 0 aliphatic heterocycles. The first-order valence-electron chi connectivity index (χ1n) is 4.10. The van der Waals surface area contributed by atoms with E-state index in [0.717, 1.165) is 9.64 Å². The Hall–Kier alpha value is -0.850. The summed E-state index contributed by atoms with van der Waals surface area (Å²) in [4.78, 5) is 3.89. The van der Waals surface area contributed by atoms with Gasteiger partial charge in [0, 0.05) is 15.2 Å². The molecule has 0 saturated carbocycles. The third-order valence-electron chi connectivity index (χ3n) is 2.01. The Bertz CT molecular complexity index is 507. The van der Waals surface area contributed by atoms with Gasteiger partial charge in [0.1, 0.15) is 0 Å². The topological polar surface area (TPSA) is 12.9 Å². The summed E-state index contributed by atoms with van der Waals surface area (Å²) in [6.45, 7) is 0. The Balaban J connectivity index is 2.80. The average molecular weight is 323 g/mol. The van der Waals surface area contributed by atoms with Gasteiger partial charge in [0.2, 0.25) is 0 Å². The molecule has 2 aromatic rings. The van der Waals surface area contributed by atoms with E-state index in [9.17, 15) is 13.2 Å². The van der Waals surface area contributed by atoms with E-state index in [0.29, 0.717) is 5.52 Å². The number of benzene rings is 1. The molecule has 0 unspecified atom stereocenters. The summed E-state index contributed by atoms with van der Waals surface area (Å²) in [7, 11) is 0. The van der Waals surface area contributed by atoms with E-state index >= 15 is 0 Å². The van der Waals surface area contributed by atoms with E-state index in [4.69, 9.17) is 0 Å². The van der Waals surface area contributed by atoms with Crippen molar-refractivity contribution in [2.45, 2.75) is 6.18 Å². The largest absolute Gasteiger partial charge is 0.417 e. The van der Waals surface area contributed by atoms with Gasteiger partial charge >= 0.3 is 6.18 Å². The molecule has 1 heterocycles. The summed E-state index contributed by atoms with van der Waals surface area (Å²) in [6.07, 6.45) is -3.15. The first kappa shape index (κ1) is 10.7. The summed E-state index contributed by atoms with van der Waals surface area (Å²) in [5.74, 6) is 0. The van der Waals surface area contributed by atoms with Crippen LogP contribution in [-0.4, -0.2) is 4.98 Å². The lowest BCUT2D eigenvalue weighted by molar-refractivity contribution is -0.136. The smallest absolute Gasteiger partial charge is 0.256 e. The molecule has 0 bridgehead atoms. The first-order valence-corrected chi connectivity index (χ1v) is 5.18. The van der Waals surface area contributed by atoms with Gasteiger partial charge in [0.15, 0.2) is 0 Å². The normalized spacial score (nSPS) is 12.0. The fourth-order valence-electron chi connectivity index (χ4n) is 1.37. The number of rotatable bonds is 0. The number of aromatic nitrogens is 1. The Morgan fingerprint density at radius 3 is 2.53 bits per heavy atom. The number of pyridine rings is 1. The highest BCUT2D eigenvalue weighted by atomic mass is 127. The highest BCUT2D eigenvalue weighted by Crippen LogP contribution is 2.34. The number of hydrogen-bond acceptors (Lipinski definition) is 1. The van der Waals surface area contributed by atoms with Crippen LogP contribution < -0.4 is 0 Å². The van der Waals surface area contributed by atoms with Crippen LogP contribution in [-0.2, 0) is 6.18 Å². The second-order valence-electron chi connectivity index (χ2n) is 3.02. The van der Waals surface area contributed by atoms with Crippen molar-refractivity contribution in [1.29, 1.82) is 0 Å². The number of nitrogens with zero attached hydrogens (tertiary/aromatic N) is 1. The maximum absolute atomic E-state index is 12.6. The number of fused-ring (bicyclic) bond motifs is 1. The predicted octanol–water partition coefficient (Wildman–Crippen LogP) is 3.86. The zero-order chi connectivity index (χ0) is 11.1. The van der Waals surface area contributed by atoms with Crippen molar-refractivity contribution >= 4 is 33.5 Å². The van der Waals surface area contributed by atoms with Crippen LogP contribution in [0.25, 0.3) is 10.9 Å². The molecule has 15 heavy (non-hydrogen) atoms. The molecule has 78 valence electrons. The van der Waals surface area contributed by atoms with E-state index in [-0.39, 0.29) is 5.39 Å². The van der Waals surface area contributed by atoms with Crippen LogP contribution in [0.4, 0.5) is 13.2 Å². The molecule has 0 aliphatic rings. The molecule has 1 nitrogen and oxygen atoms in total. The number of halogens is 4. The van der Waals surface area contributed by atoms with Crippen LogP contribution in [0.5, 0.6) is 0 Å². The molecular weight excluding hydrogens is 318 g/mol. The van der Waals surface area contributed by atoms with Crippen molar-refractivity contribution in [2.24, 2.45) is 0 Å². The molecule has 0 amide bonds. The van der Waals surface area contributed by atoms with E-state index in [1.54, 1.807) is 12.1 Å². The van der Waals surface area contributed by atoms with Gasteiger partial charge in [-0.1, -0.05) is 0 Å². The standard InChI is InChI=1S/C10H5F3IN/c11-10(12,13)8-3-4-15-9-2-1-6(14)5-7(8)9/h1-5H. The van der Waals surface area contributed by atoms with Crippen LogP contribution in [0.15, 0.2) is 30.5 Å². The highest BCUT2D eigenvalue weighted by Gasteiger charge is 2.32. The summed E-state index contributed by atoms with van der Waals surface area (Å²) in [6, 6.07) is 5.81. The van der Waals surface area contributed by atoms with Crippen molar-refractivity contribution in [3.8, 4) is 0 Å². The molecule has 1 aromatic heterocycles. The van der Waals surface area contributed by atoms with Gasteiger partial charge in [0.25, 0.3) is 0 Å². The summed E-state index contributed by atoms with van der Waals surface area (Å²) in [5, 5.41) is 0.150. The summed E-state index contributed by atoms with van der Waals surface area (Å²) >= 11 is 1.98. The molecule has 0 aliphatic carbocycles. The van der Waals surface area contributed by atoms with E-state index in [1.165, 1.54) is 12.3 Å². The van der Waals surface area contributed by atoms with Crippen molar-refractivity contribution < 1.29 is 13.2 Å². The molecule has 5 heteroatoms. The van der Waals surface area contributed by atoms with Crippen LogP contribution >= 0.6 is 22.6 Å². The minimum atomic E-state index is -4.33. The highest BCUT2D eigenvalue weighted by molar-refractivity contribution is 14.1. The van der Waals surface area contributed by atoms with Crippen LogP contribution in [0.2, 0.25) is 0 Å². The maximum Gasteiger partial charge on any atom is 0.417 e. The van der Waals surface area contributed by atoms with Crippen LogP contribution in [0, 0.1) is 3.57 Å². The Kier molecular flexibility index (Phi) is 2.57. The van der Waals surface area contributed by atoms with Crippen molar-refractivity contribution in [2.75, 3.05) is 0 Å². The van der Waals surface area contributed by atoms with Gasteiger partial charge in [-0.15, -0.1) is 0 Å². The van der Waals surface area contributed by atoms with Gasteiger partial charge in [-0.3, -0.25) is 4.98 Å². The zero-order valence-electron chi connectivity index (χ0n) is 7.35. The monoisotopic (exact) mass is 323 g/mol. The van der Waals surface area contributed by atoms with Crippen molar-refractivity contribution in [3.63, 3.8) is 0 Å². The Labute approximate surface area is 97.5 Å². The van der Waals surface area contributed by atoms with Gasteiger partial charge < -0.3 is 0 Å². The SMILES string of the molecule is FC(F)(F)c1ccnc2ccc(I)cc12. The summed E-state index contributed by atoms with van der Waals surface area (Å²) in [5.41, 5.74) is -0.267. The van der Waals surface area contributed by atoms with Gasteiger partial charge in [-0.25, -0.2) is 0 Å². The van der Waals surface area contributed by atoms with E-state index in [1.807, 2.05) is 22.6 Å². The fraction of sp³-hybridized carbons (Fsp3) is 0.100. The van der Waals surface area contributed by atoms with Gasteiger partial charge in [0.05, 0.1) is 11.1 Å². The van der Waals surface area contributed by atoms with Crippen molar-refractivity contribution in [3.05, 3.63) is 39.6 Å². The quantitative estimate of drug-likeness (QED) is 0.671. The molecule has 2 rings (SSSR count). The lowest BCUT2D eigenvalue weighted by atomic mass is 10.1. The van der Waals surface area contributed by atoms with E-state index in [2.05, 4.69) is 4.98 Å². The molecule has 0 fully saturated rings. The average Bonchev–Trinajstić information content (AvgIpc) is 2.15.